The van der Waals surface area contributed by atoms with Crippen molar-refractivity contribution in [3.05, 3.63) is 0 Å². The van der Waals surface area contributed by atoms with Gasteiger partial charge in [-0.1, -0.05) is 6.92 Å². The maximum absolute atomic E-state index is 10.4. The van der Waals surface area contributed by atoms with E-state index in [1.165, 1.54) is 19.3 Å². The maximum atomic E-state index is 10.4. The van der Waals surface area contributed by atoms with E-state index in [1.54, 1.807) is 0 Å². The van der Waals surface area contributed by atoms with Crippen LogP contribution in [-0.4, -0.2) is 47.8 Å². The molecular weight excluding hydrogens is 230 g/mol. The zero-order valence-corrected chi connectivity index (χ0v) is 11.3. The van der Waals surface area contributed by atoms with Crippen molar-refractivity contribution in [2.75, 3.05) is 19.7 Å². The molecule has 1 aliphatic carbocycles. The molecule has 1 heterocycles. The number of carboxylic acid groups (broad SMARTS) is 1. The van der Waals surface area contributed by atoms with Crippen molar-refractivity contribution in [1.82, 2.24) is 4.90 Å². The van der Waals surface area contributed by atoms with Gasteiger partial charge >= 0.3 is 5.97 Å². The summed E-state index contributed by atoms with van der Waals surface area (Å²) in [4.78, 5) is 13.0. The van der Waals surface area contributed by atoms with Gasteiger partial charge in [0.25, 0.3) is 0 Å². The highest BCUT2D eigenvalue weighted by Gasteiger charge is 2.29. The van der Waals surface area contributed by atoms with E-state index in [9.17, 15) is 4.79 Å². The molecule has 1 saturated heterocycles. The quantitative estimate of drug-likeness (QED) is 0.817. The zero-order chi connectivity index (χ0) is 13.0. The summed E-state index contributed by atoms with van der Waals surface area (Å²) in [5.74, 6) is 0.118. The van der Waals surface area contributed by atoms with Crippen LogP contribution in [-0.2, 0) is 9.53 Å². The van der Waals surface area contributed by atoms with E-state index in [2.05, 4.69) is 11.8 Å². The lowest BCUT2D eigenvalue weighted by Crippen LogP contribution is -2.42. The molecule has 1 aliphatic heterocycles. The largest absolute Gasteiger partial charge is 0.481 e. The van der Waals surface area contributed by atoms with Crippen molar-refractivity contribution in [2.45, 2.75) is 57.6 Å². The second kappa shape index (κ2) is 6.53. The van der Waals surface area contributed by atoms with Gasteiger partial charge in [-0.25, -0.2) is 0 Å². The summed E-state index contributed by atoms with van der Waals surface area (Å²) >= 11 is 0. The molecule has 0 aromatic heterocycles. The third kappa shape index (κ3) is 3.95. The van der Waals surface area contributed by atoms with Crippen LogP contribution in [0, 0.1) is 5.92 Å². The van der Waals surface area contributed by atoms with Gasteiger partial charge in [-0.05, 0) is 38.0 Å². The zero-order valence-electron chi connectivity index (χ0n) is 11.3. The second-order valence-electron chi connectivity index (χ2n) is 5.82. The highest BCUT2D eigenvalue weighted by molar-refractivity contribution is 5.66. The van der Waals surface area contributed by atoms with Gasteiger partial charge in [-0.15, -0.1) is 0 Å². The normalized spacial score (nSPS) is 30.7. The molecule has 2 aliphatic rings. The molecule has 2 rings (SSSR count). The molecule has 0 amide bonds. The van der Waals surface area contributed by atoms with Gasteiger partial charge in [0.15, 0.2) is 0 Å². The molecule has 2 unspecified atom stereocenters. The summed E-state index contributed by atoms with van der Waals surface area (Å²) in [5, 5.41) is 8.57. The van der Waals surface area contributed by atoms with E-state index in [1.807, 2.05) is 0 Å². The molecule has 104 valence electrons. The minimum Gasteiger partial charge on any atom is -0.481 e. The summed E-state index contributed by atoms with van der Waals surface area (Å²) in [6, 6.07) is 0.792. The number of piperidine rings is 1. The number of aliphatic carboxylic acids is 1. The van der Waals surface area contributed by atoms with Crippen LogP contribution in [0.5, 0.6) is 0 Å². The first-order valence-corrected chi connectivity index (χ1v) is 7.22. The molecule has 18 heavy (non-hydrogen) atoms. The van der Waals surface area contributed by atoms with E-state index >= 15 is 0 Å². The van der Waals surface area contributed by atoms with Gasteiger partial charge in [0.2, 0.25) is 0 Å². The lowest BCUT2D eigenvalue weighted by molar-refractivity contribution is -0.138. The molecule has 1 saturated carbocycles. The van der Waals surface area contributed by atoms with Gasteiger partial charge in [0.1, 0.15) is 0 Å². The molecule has 0 bridgehead atoms. The van der Waals surface area contributed by atoms with Crippen molar-refractivity contribution in [3.63, 3.8) is 0 Å². The standard InChI is InChI=1S/C14H25NO3/c1-11-2-3-12(10-11)15-7-4-13(5-8-15)18-9-6-14(16)17/h11-13H,2-10H2,1H3,(H,16,17). The summed E-state index contributed by atoms with van der Waals surface area (Å²) < 4.78 is 5.62. The Kier molecular flexibility index (Phi) is 5.01. The average molecular weight is 255 g/mol. The Balaban J connectivity index is 1.63. The predicted octanol–water partition coefficient (Wildman–Crippen LogP) is 2.13. The average Bonchev–Trinajstić information content (AvgIpc) is 2.76. The van der Waals surface area contributed by atoms with Gasteiger partial charge in [-0.3, -0.25) is 4.79 Å². The smallest absolute Gasteiger partial charge is 0.305 e. The van der Waals surface area contributed by atoms with Crippen LogP contribution in [0.2, 0.25) is 0 Å². The van der Waals surface area contributed by atoms with Crippen molar-refractivity contribution in [3.8, 4) is 0 Å². The van der Waals surface area contributed by atoms with Crippen LogP contribution < -0.4 is 0 Å². The molecule has 2 atom stereocenters. The molecule has 4 nitrogen and oxygen atoms in total. The molecule has 0 aromatic rings. The Labute approximate surface area is 109 Å². The predicted molar refractivity (Wildman–Crippen MR) is 69.6 cm³/mol. The number of rotatable bonds is 5. The number of likely N-dealkylation sites (tertiary alicyclic amines) is 1. The number of carbonyl (C=O) groups is 1. The van der Waals surface area contributed by atoms with Crippen molar-refractivity contribution in [2.24, 2.45) is 5.92 Å². The first-order chi connectivity index (χ1) is 8.65. The Bertz CT molecular complexity index is 274. The summed E-state index contributed by atoms with van der Waals surface area (Å²) in [5.41, 5.74) is 0. The molecule has 0 aromatic carbocycles. The van der Waals surface area contributed by atoms with Crippen LogP contribution in [0.3, 0.4) is 0 Å². The molecule has 0 radical (unpaired) electrons. The van der Waals surface area contributed by atoms with Crippen LogP contribution in [0.15, 0.2) is 0 Å². The minimum absolute atomic E-state index is 0.125. The summed E-state index contributed by atoms with van der Waals surface area (Å²) in [7, 11) is 0. The van der Waals surface area contributed by atoms with Gasteiger partial charge < -0.3 is 14.7 Å². The lowest BCUT2D eigenvalue weighted by Gasteiger charge is -2.36. The van der Waals surface area contributed by atoms with Crippen LogP contribution in [0.25, 0.3) is 0 Å². The van der Waals surface area contributed by atoms with E-state index in [0.29, 0.717) is 6.61 Å². The fourth-order valence-electron chi connectivity index (χ4n) is 3.23. The fraction of sp³-hybridized carbons (Fsp3) is 0.929. The fourth-order valence-corrected chi connectivity index (χ4v) is 3.23. The van der Waals surface area contributed by atoms with Crippen molar-refractivity contribution < 1.29 is 14.6 Å². The number of hydrogen-bond acceptors (Lipinski definition) is 3. The molecular formula is C14H25NO3. The van der Waals surface area contributed by atoms with Crippen molar-refractivity contribution >= 4 is 5.97 Å². The first-order valence-electron chi connectivity index (χ1n) is 7.22. The summed E-state index contributed by atoms with van der Waals surface area (Å²) in [6.07, 6.45) is 6.60. The van der Waals surface area contributed by atoms with Crippen LogP contribution in [0.1, 0.15) is 45.4 Å². The third-order valence-electron chi connectivity index (χ3n) is 4.33. The summed E-state index contributed by atoms with van der Waals surface area (Å²) in [6.45, 7) is 4.95. The highest BCUT2D eigenvalue weighted by atomic mass is 16.5. The maximum Gasteiger partial charge on any atom is 0.305 e. The number of hydrogen-bond donors (Lipinski definition) is 1. The molecule has 2 fully saturated rings. The van der Waals surface area contributed by atoms with E-state index in [4.69, 9.17) is 9.84 Å². The van der Waals surface area contributed by atoms with Crippen molar-refractivity contribution in [1.29, 1.82) is 0 Å². The first kappa shape index (κ1) is 13.8. The Morgan fingerprint density at radius 3 is 2.56 bits per heavy atom. The number of carboxylic acids is 1. The van der Waals surface area contributed by atoms with Crippen LogP contribution in [0.4, 0.5) is 0 Å². The van der Waals surface area contributed by atoms with Crippen LogP contribution >= 0.6 is 0 Å². The van der Waals surface area contributed by atoms with E-state index in [-0.39, 0.29) is 12.5 Å². The van der Waals surface area contributed by atoms with E-state index < -0.39 is 5.97 Å². The Morgan fingerprint density at radius 2 is 2.00 bits per heavy atom. The minimum atomic E-state index is -0.771. The topological polar surface area (TPSA) is 49.8 Å². The molecule has 0 spiro atoms. The monoisotopic (exact) mass is 255 g/mol. The van der Waals surface area contributed by atoms with Gasteiger partial charge in [0.05, 0.1) is 19.1 Å². The number of ether oxygens (including phenoxy) is 1. The third-order valence-corrected chi connectivity index (χ3v) is 4.33. The van der Waals surface area contributed by atoms with Gasteiger partial charge in [0, 0.05) is 19.1 Å². The highest BCUT2D eigenvalue weighted by Crippen LogP contribution is 2.30. The van der Waals surface area contributed by atoms with E-state index in [0.717, 1.165) is 37.9 Å². The SMILES string of the molecule is CC1CCC(N2CCC(OCCC(=O)O)CC2)C1. The lowest BCUT2D eigenvalue weighted by atomic mass is 10.0. The molecule has 1 N–H and O–H groups in total. The second-order valence-corrected chi connectivity index (χ2v) is 5.82. The Morgan fingerprint density at radius 1 is 1.28 bits per heavy atom. The molecule has 4 heteroatoms. The van der Waals surface area contributed by atoms with Gasteiger partial charge in [-0.2, -0.15) is 0 Å². The number of nitrogens with zero attached hydrogens (tertiary/aromatic N) is 1. The Hall–Kier alpha value is -0.610.